The molecule has 1 saturated heterocycles. The van der Waals surface area contributed by atoms with E-state index in [0.717, 1.165) is 30.1 Å². The van der Waals surface area contributed by atoms with Crippen molar-refractivity contribution >= 4 is 58.7 Å². The summed E-state index contributed by atoms with van der Waals surface area (Å²) in [6.07, 6.45) is -0.171. The summed E-state index contributed by atoms with van der Waals surface area (Å²) in [5.41, 5.74) is -0.847. The molecule has 1 unspecified atom stereocenters. The molecule has 30 heavy (non-hydrogen) atoms. The summed E-state index contributed by atoms with van der Waals surface area (Å²) in [6.45, 7) is 3.95. The normalized spacial score (nSPS) is 17.1. The van der Waals surface area contributed by atoms with Gasteiger partial charge in [-0.25, -0.2) is 9.97 Å². The molecule has 12 heteroatoms. The molecule has 0 radical (unpaired) electrons. The highest BCUT2D eigenvalue weighted by molar-refractivity contribution is 14.0. The van der Waals surface area contributed by atoms with Crippen LogP contribution in [0.5, 0.6) is 0 Å². The van der Waals surface area contributed by atoms with Gasteiger partial charge in [-0.05, 0) is 19.4 Å². The van der Waals surface area contributed by atoms with E-state index in [1.54, 1.807) is 18.4 Å². The Morgan fingerprint density at radius 3 is 2.73 bits per heavy atom. The molecule has 2 aromatic heterocycles. The molecule has 0 bridgehead atoms. The third kappa shape index (κ3) is 6.58. The lowest BCUT2D eigenvalue weighted by Crippen LogP contribution is -2.45. The topological polar surface area (TPSA) is 65.4 Å². The Morgan fingerprint density at radius 2 is 2.13 bits per heavy atom. The number of hydrogen-bond donors (Lipinski definition) is 2. The summed E-state index contributed by atoms with van der Waals surface area (Å²) >= 11 is 7.73. The number of guanidine groups is 1. The van der Waals surface area contributed by atoms with E-state index in [0.29, 0.717) is 31.4 Å². The van der Waals surface area contributed by atoms with E-state index in [4.69, 9.17) is 11.6 Å². The zero-order chi connectivity index (χ0) is 21.0. The van der Waals surface area contributed by atoms with Crippen molar-refractivity contribution in [3.05, 3.63) is 38.9 Å². The van der Waals surface area contributed by atoms with Gasteiger partial charge >= 0.3 is 6.18 Å². The van der Waals surface area contributed by atoms with Gasteiger partial charge in [0.25, 0.3) is 0 Å². The summed E-state index contributed by atoms with van der Waals surface area (Å²) in [5, 5.41) is 7.68. The third-order valence-electron chi connectivity index (χ3n) is 4.50. The standard InChI is InChI=1S/C18H22ClF3N6S.HI/c1-11-8-25-15(29-11)3-5-24-17(23-2)27-13-4-6-28(10-13)16-14(19)7-12(9-26-16)18(20,21)22;/h7-9,13H,3-6,10H2,1-2H3,(H2,23,24,27);1H. The van der Waals surface area contributed by atoms with Gasteiger partial charge < -0.3 is 15.5 Å². The molecule has 2 N–H and O–H groups in total. The molecule has 0 aliphatic carbocycles. The second kappa shape index (κ2) is 10.8. The number of aromatic nitrogens is 2. The molecule has 1 fully saturated rings. The first kappa shape index (κ1) is 24.9. The minimum absolute atomic E-state index is 0. The van der Waals surface area contributed by atoms with Crippen molar-refractivity contribution < 1.29 is 13.2 Å². The number of halogens is 5. The second-order valence-corrected chi connectivity index (χ2v) is 8.44. The second-order valence-electron chi connectivity index (χ2n) is 6.72. The lowest BCUT2D eigenvalue weighted by atomic mass is 10.2. The van der Waals surface area contributed by atoms with Gasteiger partial charge in [-0.2, -0.15) is 13.2 Å². The van der Waals surface area contributed by atoms with Crippen molar-refractivity contribution in [1.82, 2.24) is 20.6 Å². The van der Waals surface area contributed by atoms with Gasteiger partial charge in [0, 0.05) is 56.4 Å². The summed E-state index contributed by atoms with van der Waals surface area (Å²) in [4.78, 5) is 15.6. The van der Waals surface area contributed by atoms with Crippen molar-refractivity contribution in [2.45, 2.75) is 32.0 Å². The molecule has 166 valence electrons. The largest absolute Gasteiger partial charge is 0.417 e. The fourth-order valence-corrected chi connectivity index (χ4v) is 4.15. The van der Waals surface area contributed by atoms with Crippen molar-refractivity contribution in [1.29, 1.82) is 0 Å². The molecule has 0 amide bonds. The summed E-state index contributed by atoms with van der Waals surface area (Å²) < 4.78 is 38.4. The number of alkyl halides is 3. The van der Waals surface area contributed by atoms with E-state index in [1.165, 1.54) is 4.88 Å². The van der Waals surface area contributed by atoms with Crippen LogP contribution in [-0.4, -0.2) is 48.7 Å². The lowest BCUT2D eigenvalue weighted by Gasteiger charge is -2.21. The summed E-state index contributed by atoms with van der Waals surface area (Å²) in [6, 6.07) is 1.01. The van der Waals surface area contributed by atoms with Crippen LogP contribution < -0.4 is 15.5 Å². The Balaban J connectivity index is 0.00000320. The predicted octanol–water partition coefficient (Wildman–Crippen LogP) is 4.12. The van der Waals surface area contributed by atoms with Crippen molar-refractivity contribution in [3.63, 3.8) is 0 Å². The van der Waals surface area contributed by atoms with Crippen molar-refractivity contribution in [3.8, 4) is 0 Å². The van der Waals surface area contributed by atoms with E-state index >= 15 is 0 Å². The molecule has 1 atom stereocenters. The molecule has 1 aliphatic heterocycles. The van der Waals surface area contributed by atoms with Crippen LogP contribution in [0, 0.1) is 6.92 Å². The van der Waals surface area contributed by atoms with Gasteiger partial charge in [-0.1, -0.05) is 11.6 Å². The predicted molar refractivity (Wildman–Crippen MR) is 125 cm³/mol. The first-order chi connectivity index (χ1) is 13.8. The van der Waals surface area contributed by atoms with Gasteiger partial charge in [0.15, 0.2) is 5.96 Å². The number of pyridine rings is 1. The molecule has 6 nitrogen and oxygen atoms in total. The minimum Gasteiger partial charge on any atom is -0.356 e. The fraction of sp³-hybridized carbons (Fsp3) is 0.500. The molecule has 0 aromatic carbocycles. The number of nitrogens with one attached hydrogen (secondary N) is 2. The minimum atomic E-state index is -4.46. The van der Waals surface area contributed by atoms with E-state index < -0.39 is 11.7 Å². The van der Waals surface area contributed by atoms with Crippen molar-refractivity contribution in [2.24, 2.45) is 4.99 Å². The molecule has 2 aromatic rings. The van der Waals surface area contributed by atoms with Crippen molar-refractivity contribution in [2.75, 3.05) is 31.6 Å². The van der Waals surface area contributed by atoms with Gasteiger partial charge in [-0.3, -0.25) is 4.99 Å². The highest BCUT2D eigenvalue weighted by Gasteiger charge is 2.33. The molecule has 1 aliphatic rings. The van der Waals surface area contributed by atoms with Gasteiger partial charge in [-0.15, -0.1) is 35.3 Å². The number of aryl methyl sites for hydroxylation is 1. The molecule has 3 heterocycles. The molecular weight excluding hydrogens is 552 g/mol. The monoisotopic (exact) mass is 574 g/mol. The average Bonchev–Trinajstić information content (AvgIpc) is 3.29. The highest BCUT2D eigenvalue weighted by atomic mass is 127. The third-order valence-corrected chi connectivity index (χ3v) is 5.75. The Kier molecular flexibility index (Phi) is 8.98. The maximum atomic E-state index is 12.8. The van der Waals surface area contributed by atoms with Crippen LogP contribution in [0.3, 0.4) is 0 Å². The number of anilines is 1. The number of hydrogen-bond acceptors (Lipinski definition) is 5. The van der Waals surface area contributed by atoms with Crippen LogP contribution in [0.4, 0.5) is 19.0 Å². The zero-order valence-corrected chi connectivity index (χ0v) is 20.4. The van der Waals surface area contributed by atoms with Gasteiger partial charge in [0.2, 0.25) is 0 Å². The Morgan fingerprint density at radius 1 is 1.37 bits per heavy atom. The van der Waals surface area contributed by atoms with Crippen LogP contribution in [0.25, 0.3) is 0 Å². The molecule has 0 spiro atoms. The quantitative estimate of drug-likeness (QED) is 0.320. The summed E-state index contributed by atoms with van der Waals surface area (Å²) in [7, 11) is 1.70. The van der Waals surface area contributed by atoms with Crippen LogP contribution in [-0.2, 0) is 12.6 Å². The first-order valence-corrected chi connectivity index (χ1v) is 10.3. The smallest absolute Gasteiger partial charge is 0.356 e. The Hall–Kier alpha value is -1.34. The Bertz CT molecular complexity index is 876. The number of nitrogens with zero attached hydrogens (tertiary/aromatic N) is 4. The average molecular weight is 575 g/mol. The fourth-order valence-electron chi connectivity index (χ4n) is 3.08. The van der Waals surface area contributed by atoms with Gasteiger partial charge in [0.1, 0.15) is 5.82 Å². The Labute approximate surface area is 199 Å². The van der Waals surface area contributed by atoms with E-state index in [-0.39, 0.29) is 35.0 Å². The highest BCUT2D eigenvalue weighted by Crippen LogP contribution is 2.34. The van der Waals surface area contributed by atoms with Crippen LogP contribution in [0.1, 0.15) is 21.9 Å². The van der Waals surface area contributed by atoms with Crippen LogP contribution in [0.2, 0.25) is 5.02 Å². The van der Waals surface area contributed by atoms with Crippen LogP contribution >= 0.6 is 46.9 Å². The van der Waals surface area contributed by atoms with Gasteiger partial charge in [0.05, 0.1) is 15.6 Å². The summed E-state index contributed by atoms with van der Waals surface area (Å²) in [5.74, 6) is 1.04. The van der Waals surface area contributed by atoms with Crippen LogP contribution in [0.15, 0.2) is 23.5 Å². The molecule has 0 saturated carbocycles. The number of thiazole rings is 1. The number of rotatable bonds is 5. The zero-order valence-electron chi connectivity index (χ0n) is 16.5. The first-order valence-electron chi connectivity index (χ1n) is 9.12. The van der Waals surface area contributed by atoms with E-state index in [9.17, 15) is 13.2 Å². The SMILES string of the molecule is CN=C(NCCc1ncc(C)s1)NC1CCN(c2ncc(C(F)(F)F)cc2Cl)C1.I. The lowest BCUT2D eigenvalue weighted by molar-refractivity contribution is -0.137. The van der Waals surface area contributed by atoms with E-state index in [1.807, 2.05) is 18.0 Å². The maximum absolute atomic E-state index is 12.8. The van der Waals surface area contributed by atoms with E-state index in [2.05, 4.69) is 25.6 Å². The molecular formula is C18H23ClF3IN6S. The maximum Gasteiger partial charge on any atom is 0.417 e. The molecule has 3 rings (SSSR count). The number of aliphatic imine (C=N–C) groups is 1.